The van der Waals surface area contributed by atoms with Crippen molar-refractivity contribution in [2.45, 2.75) is 6.42 Å². The van der Waals surface area contributed by atoms with Crippen LogP contribution in [-0.2, 0) is 9.73 Å². The van der Waals surface area contributed by atoms with E-state index in [1.807, 2.05) is 30.5 Å². The minimum absolute atomic E-state index is 0.745. The van der Waals surface area contributed by atoms with Crippen LogP contribution in [0.2, 0.25) is 0 Å². The summed E-state index contributed by atoms with van der Waals surface area (Å²) in [5, 5.41) is 2.08. The lowest BCUT2D eigenvalue weighted by molar-refractivity contribution is 0.663. The number of benzene rings is 1. The summed E-state index contributed by atoms with van der Waals surface area (Å²) in [6.07, 6.45) is 4.59. The molecule has 1 saturated heterocycles. The normalized spacial score (nSPS) is 18.0. The topological polar surface area (TPSA) is 42.3 Å². The molecule has 1 aromatic carbocycles. The SMILES string of the molecule is O=S1(=Nc2cccc3cnccc23)CCC1. The van der Waals surface area contributed by atoms with Crippen molar-refractivity contribution in [3.8, 4) is 0 Å². The molecule has 3 rings (SSSR count). The summed E-state index contributed by atoms with van der Waals surface area (Å²) in [6, 6.07) is 7.78. The molecule has 0 bridgehead atoms. The van der Waals surface area contributed by atoms with Gasteiger partial charge in [-0.1, -0.05) is 12.1 Å². The first kappa shape index (κ1) is 9.78. The molecule has 0 radical (unpaired) electrons. The molecule has 0 atom stereocenters. The van der Waals surface area contributed by atoms with E-state index in [-0.39, 0.29) is 0 Å². The summed E-state index contributed by atoms with van der Waals surface area (Å²) in [7, 11) is -1.93. The summed E-state index contributed by atoms with van der Waals surface area (Å²) in [5.41, 5.74) is 0.838. The second kappa shape index (κ2) is 3.56. The minimum Gasteiger partial charge on any atom is -0.264 e. The predicted octanol–water partition coefficient (Wildman–Crippen LogP) is 2.74. The molecule has 0 spiro atoms. The van der Waals surface area contributed by atoms with Crippen molar-refractivity contribution in [3.05, 3.63) is 36.7 Å². The molecule has 16 heavy (non-hydrogen) atoms. The first-order valence-corrected chi connectivity index (χ1v) is 7.17. The molecule has 2 aromatic rings. The number of rotatable bonds is 1. The minimum atomic E-state index is -1.93. The Morgan fingerprint density at radius 2 is 2.12 bits per heavy atom. The smallest absolute Gasteiger partial charge is 0.0809 e. The van der Waals surface area contributed by atoms with Crippen LogP contribution in [-0.4, -0.2) is 20.7 Å². The Bertz CT molecular complexity index is 642. The van der Waals surface area contributed by atoms with E-state index < -0.39 is 9.73 Å². The van der Waals surface area contributed by atoms with E-state index in [9.17, 15) is 4.21 Å². The largest absolute Gasteiger partial charge is 0.264 e. The van der Waals surface area contributed by atoms with Gasteiger partial charge in [0.05, 0.1) is 15.4 Å². The van der Waals surface area contributed by atoms with Crippen molar-refractivity contribution in [2.75, 3.05) is 11.5 Å². The maximum atomic E-state index is 12.1. The molecule has 2 heterocycles. The van der Waals surface area contributed by atoms with Crippen LogP contribution in [0.3, 0.4) is 0 Å². The van der Waals surface area contributed by atoms with Crippen LogP contribution < -0.4 is 0 Å². The Kier molecular flexibility index (Phi) is 2.17. The van der Waals surface area contributed by atoms with Gasteiger partial charge in [0.2, 0.25) is 0 Å². The van der Waals surface area contributed by atoms with Gasteiger partial charge in [0, 0.05) is 34.7 Å². The van der Waals surface area contributed by atoms with Crippen LogP contribution in [0.1, 0.15) is 6.42 Å². The van der Waals surface area contributed by atoms with Crippen molar-refractivity contribution >= 4 is 26.2 Å². The van der Waals surface area contributed by atoms with Gasteiger partial charge in [-0.2, -0.15) is 4.36 Å². The Balaban J connectivity index is 2.24. The lowest BCUT2D eigenvalue weighted by Gasteiger charge is -2.18. The van der Waals surface area contributed by atoms with Crippen LogP contribution in [0.4, 0.5) is 5.69 Å². The molecule has 0 N–H and O–H groups in total. The first-order chi connectivity index (χ1) is 7.77. The number of aromatic nitrogens is 1. The van der Waals surface area contributed by atoms with E-state index in [1.54, 1.807) is 6.20 Å². The second-order valence-electron chi connectivity index (χ2n) is 4.00. The maximum absolute atomic E-state index is 12.1. The average Bonchev–Trinajstić information content (AvgIpc) is 2.27. The van der Waals surface area contributed by atoms with E-state index >= 15 is 0 Å². The standard InChI is InChI=1S/C12H12N2OS/c15-16(7-2-8-16)14-12-4-1-3-10-9-13-6-5-11(10)12/h1,3-6,9H,2,7-8H2. The summed E-state index contributed by atoms with van der Waals surface area (Å²) >= 11 is 0. The van der Waals surface area contributed by atoms with Crippen molar-refractivity contribution in [1.29, 1.82) is 0 Å². The lowest BCUT2D eigenvalue weighted by atomic mass is 10.1. The molecule has 1 aliphatic rings. The number of hydrogen-bond donors (Lipinski definition) is 0. The van der Waals surface area contributed by atoms with Gasteiger partial charge >= 0.3 is 0 Å². The van der Waals surface area contributed by atoms with Crippen LogP contribution >= 0.6 is 0 Å². The van der Waals surface area contributed by atoms with Crippen LogP contribution in [0.5, 0.6) is 0 Å². The molecule has 0 aliphatic carbocycles. The fourth-order valence-electron chi connectivity index (χ4n) is 1.85. The van der Waals surface area contributed by atoms with Crippen molar-refractivity contribution < 1.29 is 4.21 Å². The molecule has 1 fully saturated rings. The predicted molar refractivity (Wildman–Crippen MR) is 66.3 cm³/mol. The van der Waals surface area contributed by atoms with Gasteiger partial charge in [0.1, 0.15) is 0 Å². The van der Waals surface area contributed by atoms with E-state index in [4.69, 9.17) is 0 Å². The molecule has 0 unspecified atom stereocenters. The van der Waals surface area contributed by atoms with Crippen LogP contribution in [0, 0.1) is 0 Å². The van der Waals surface area contributed by atoms with Crippen LogP contribution in [0.15, 0.2) is 41.0 Å². The Labute approximate surface area is 94.7 Å². The average molecular weight is 232 g/mol. The van der Waals surface area contributed by atoms with E-state index in [0.29, 0.717) is 0 Å². The van der Waals surface area contributed by atoms with Crippen molar-refractivity contribution in [1.82, 2.24) is 4.98 Å². The quantitative estimate of drug-likeness (QED) is 0.758. The van der Waals surface area contributed by atoms with Crippen molar-refractivity contribution in [3.63, 3.8) is 0 Å². The van der Waals surface area contributed by atoms with Crippen LogP contribution in [0.25, 0.3) is 10.8 Å². The second-order valence-corrected chi connectivity index (χ2v) is 6.54. The Morgan fingerprint density at radius 3 is 2.88 bits per heavy atom. The zero-order valence-corrected chi connectivity index (χ0v) is 9.61. The van der Waals surface area contributed by atoms with Gasteiger partial charge in [-0.15, -0.1) is 0 Å². The molecular weight excluding hydrogens is 220 g/mol. The zero-order valence-electron chi connectivity index (χ0n) is 8.80. The molecule has 4 heteroatoms. The van der Waals surface area contributed by atoms with Gasteiger partial charge in [0.25, 0.3) is 0 Å². The third kappa shape index (κ3) is 1.59. The van der Waals surface area contributed by atoms with E-state index in [0.717, 1.165) is 34.4 Å². The highest BCUT2D eigenvalue weighted by Crippen LogP contribution is 2.28. The van der Waals surface area contributed by atoms with Gasteiger partial charge in [-0.3, -0.25) is 4.98 Å². The van der Waals surface area contributed by atoms with E-state index in [1.165, 1.54) is 0 Å². The summed E-state index contributed by atoms with van der Waals surface area (Å²) in [5.74, 6) is 1.49. The van der Waals surface area contributed by atoms with Crippen molar-refractivity contribution in [2.24, 2.45) is 4.36 Å². The summed E-state index contributed by atoms with van der Waals surface area (Å²) in [6.45, 7) is 0. The Morgan fingerprint density at radius 1 is 1.25 bits per heavy atom. The molecular formula is C12H12N2OS. The Hall–Kier alpha value is -1.42. The first-order valence-electron chi connectivity index (χ1n) is 5.32. The molecule has 3 nitrogen and oxygen atoms in total. The van der Waals surface area contributed by atoms with Gasteiger partial charge in [-0.25, -0.2) is 4.21 Å². The molecule has 0 saturated carbocycles. The zero-order chi connectivity index (χ0) is 11.0. The maximum Gasteiger partial charge on any atom is 0.0809 e. The number of fused-ring (bicyclic) bond motifs is 1. The molecule has 1 aromatic heterocycles. The summed E-state index contributed by atoms with van der Waals surface area (Å²) < 4.78 is 16.5. The molecule has 0 amide bonds. The number of nitrogens with zero attached hydrogens (tertiary/aromatic N) is 2. The van der Waals surface area contributed by atoms with Gasteiger partial charge < -0.3 is 0 Å². The monoisotopic (exact) mass is 232 g/mol. The lowest BCUT2D eigenvalue weighted by Crippen LogP contribution is -2.22. The van der Waals surface area contributed by atoms with E-state index in [2.05, 4.69) is 9.35 Å². The highest BCUT2D eigenvalue weighted by Gasteiger charge is 2.19. The third-order valence-corrected chi connectivity index (χ3v) is 5.23. The third-order valence-electron chi connectivity index (χ3n) is 2.85. The van der Waals surface area contributed by atoms with Gasteiger partial charge in [-0.05, 0) is 18.6 Å². The molecule has 1 aliphatic heterocycles. The molecule has 82 valence electrons. The van der Waals surface area contributed by atoms with Gasteiger partial charge in [0.15, 0.2) is 0 Å². The number of hydrogen-bond acceptors (Lipinski definition) is 3. The number of pyridine rings is 1. The summed E-state index contributed by atoms with van der Waals surface area (Å²) in [4.78, 5) is 4.07. The highest BCUT2D eigenvalue weighted by atomic mass is 32.2. The fraction of sp³-hybridized carbons (Fsp3) is 0.250. The highest BCUT2D eigenvalue weighted by molar-refractivity contribution is 7.95. The fourth-order valence-corrected chi connectivity index (χ4v) is 3.33.